The van der Waals surface area contributed by atoms with E-state index in [2.05, 4.69) is 4.98 Å². The van der Waals surface area contributed by atoms with Gasteiger partial charge in [-0.3, -0.25) is 9.78 Å². The van der Waals surface area contributed by atoms with E-state index in [1.54, 1.807) is 12.1 Å². The molecule has 1 saturated heterocycles. The molecule has 1 amide bonds. The minimum atomic E-state index is -4.84. The molecule has 4 rings (SSSR count). The van der Waals surface area contributed by atoms with Crippen molar-refractivity contribution < 1.29 is 27.8 Å². The zero-order valence-corrected chi connectivity index (χ0v) is 19.5. The van der Waals surface area contributed by atoms with Gasteiger partial charge in [0.05, 0.1) is 33.0 Å². The van der Waals surface area contributed by atoms with E-state index < -0.39 is 39.5 Å². The number of ether oxygens (including phenoxy) is 1. The summed E-state index contributed by atoms with van der Waals surface area (Å²) in [5.41, 5.74) is -3.26. The highest BCUT2D eigenvalue weighted by Gasteiger charge is 2.46. The second-order valence-electron chi connectivity index (χ2n) is 8.24. The molecule has 3 aromatic rings. The Kier molecular flexibility index (Phi) is 6.89. The van der Waals surface area contributed by atoms with Crippen LogP contribution in [0.3, 0.4) is 0 Å². The Morgan fingerprint density at radius 3 is 2.51 bits per heavy atom. The van der Waals surface area contributed by atoms with Crippen molar-refractivity contribution in [2.24, 2.45) is 5.41 Å². The topological polar surface area (TPSA) is 115 Å². The fourth-order valence-electron chi connectivity index (χ4n) is 3.76. The number of nitrogens with zero attached hydrogens (tertiary/aromatic N) is 1. The van der Waals surface area contributed by atoms with Crippen LogP contribution in [0, 0.1) is 5.41 Å². The monoisotopic (exact) mass is 529 g/mol. The van der Waals surface area contributed by atoms with Gasteiger partial charge in [-0.1, -0.05) is 41.9 Å². The van der Waals surface area contributed by atoms with Crippen LogP contribution in [-0.4, -0.2) is 51.5 Å². The second kappa shape index (κ2) is 9.59. The summed E-state index contributed by atoms with van der Waals surface area (Å²) in [6.07, 6.45) is -5.42. The first-order chi connectivity index (χ1) is 16.5. The summed E-state index contributed by atoms with van der Waals surface area (Å²) in [5.74, 6) is 0.0664. The average molecular weight is 530 g/mol. The molecule has 1 aromatic heterocycles. The molecule has 0 unspecified atom stereocenters. The van der Waals surface area contributed by atoms with Crippen LogP contribution in [0.2, 0.25) is 5.02 Å². The van der Waals surface area contributed by atoms with Gasteiger partial charge in [-0.15, -0.1) is 11.8 Å². The first-order valence-corrected chi connectivity index (χ1v) is 11.6. The quantitative estimate of drug-likeness (QED) is 0.420. The molecule has 186 valence electrons. The van der Waals surface area contributed by atoms with E-state index in [1.807, 2.05) is 23.2 Å². The molecule has 2 heterocycles. The molecule has 1 aliphatic heterocycles. The molecule has 0 bridgehead atoms. The highest BCUT2D eigenvalue weighted by molar-refractivity contribution is 7.99. The molecule has 13 heteroatoms. The number of thioether (sulfide) groups is 1. The SMILES string of the molecule is O=C(OCc1ccccc1)N1CC(CO)(CSc2c(Cl)c(C(F)(F)F)cc3c(=O)[nH]c(=O)[nH]c23)C1. The Morgan fingerprint density at radius 1 is 1.20 bits per heavy atom. The van der Waals surface area contributed by atoms with Crippen molar-refractivity contribution in [1.29, 1.82) is 0 Å². The molecule has 0 aliphatic carbocycles. The van der Waals surface area contributed by atoms with Gasteiger partial charge >= 0.3 is 18.0 Å². The van der Waals surface area contributed by atoms with Gasteiger partial charge in [0, 0.05) is 24.3 Å². The third-order valence-corrected chi connectivity index (χ3v) is 7.57. The summed E-state index contributed by atoms with van der Waals surface area (Å²) in [5, 5.41) is 8.92. The lowest BCUT2D eigenvalue weighted by Crippen LogP contribution is -2.61. The Morgan fingerprint density at radius 2 is 1.89 bits per heavy atom. The molecule has 1 aliphatic rings. The van der Waals surface area contributed by atoms with Gasteiger partial charge in [-0.05, 0) is 11.6 Å². The zero-order valence-electron chi connectivity index (χ0n) is 17.9. The third kappa shape index (κ3) is 5.19. The summed E-state index contributed by atoms with van der Waals surface area (Å²) >= 11 is 6.93. The molecule has 1 fully saturated rings. The summed E-state index contributed by atoms with van der Waals surface area (Å²) in [4.78, 5) is 41.7. The number of H-pyrrole nitrogens is 2. The number of hydrogen-bond acceptors (Lipinski definition) is 6. The number of halogens is 4. The Balaban J connectivity index is 1.52. The van der Waals surface area contributed by atoms with E-state index >= 15 is 0 Å². The molecular weight excluding hydrogens is 511 g/mol. The fraction of sp³-hybridized carbons (Fsp3) is 0.318. The number of aromatic nitrogens is 2. The van der Waals surface area contributed by atoms with Gasteiger partial charge in [0.2, 0.25) is 0 Å². The van der Waals surface area contributed by atoms with Crippen LogP contribution in [0.25, 0.3) is 10.9 Å². The standard InChI is InChI=1S/C22H19ClF3N3O5S/c23-15-14(22(24,25)26)6-13-16(27-19(32)28-18(13)31)17(15)35-11-21(10-30)8-29(9-21)20(33)34-7-12-4-2-1-3-5-12/h1-6,30H,7-11H2,(H2,27,28,31,32). The largest absolute Gasteiger partial charge is 0.445 e. The lowest BCUT2D eigenvalue weighted by atomic mass is 9.83. The number of alkyl halides is 3. The summed E-state index contributed by atoms with van der Waals surface area (Å²) in [7, 11) is 0. The van der Waals surface area contributed by atoms with E-state index in [0.29, 0.717) is 6.07 Å². The molecule has 35 heavy (non-hydrogen) atoms. The van der Waals surface area contributed by atoms with E-state index in [0.717, 1.165) is 17.3 Å². The van der Waals surface area contributed by atoms with Crippen LogP contribution >= 0.6 is 23.4 Å². The number of benzene rings is 2. The van der Waals surface area contributed by atoms with Crippen LogP contribution in [-0.2, 0) is 17.5 Å². The molecule has 0 atom stereocenters. The normalized spacial score (nSPS) is 15.2. The van der Waals surface area contributed by atoms with Crippen LogP contribution < -0.4 is 11.2 Å². The van der Waals surface area contributed by atoms with Gasteiger partial charge in [0.15, 0.2) is 0 Å². The van der Waals surface area contributed by atoms with Crippen molar-refractivity contribution in [2.45, 2.75) is 17.7 Å². The van der Waals surface area contributed by atoms with Gasteiger partial charge in [0.1, 0.15) is 6.61 Å². The van der Waals surface area contributed by atoms with Crippen molar-refractivity contribution >= 4 is 40.4 Å². The smallest absolute Gasteiger partial charge is 0.417 e. The van der Waals surface area contributed by atoms with Crippen molar-refractivity contribution in [3.05, 3.63) is 73.4 Å². The van der Waals surface area contributed by atoms with Gasteiger partial charge in [-0.2, -0.15) is 13.2 Å². The number of nitrogens with one attached hydrogen (secondary N) is 2. The van der Waals surface area contributed by atoms with Gasteiger partial charge < -0.3 is 19.7 Å². The first kappa shape index (κ1) is 25.1. The number of carbonyl (C=O) groups is 1. The van der Waals surface area contributed by atoms with E-state index in [4.69, 9.17) is 16.3 Å². The van der Waals surface area contributed by atoms with Crippen molar-refractivity contribution in [1.82, 2.24) is 14.9 Å². The minimum Gasteiger partial charge on any atom is -0.445 e. The van der Waals surface area contributed by atoms with Crippen molar-refractivity contribution in [2.75, 3.05) is 25.4 Å². The van der Waals surface area contributed by atoms with E-state index in [1.165, 1.54) is 4.90 Å². The highest BCUT2D eigenvalue weighted by atomic mass is 35.5. The number of hydrogen-bond donors (Lipinski definition) is 3. The summed E-state index contributed by atoms with van der Waals surface area (Å²) in [6.45, 7) is -0.0651. The first-order valence-electron chi connectivity index (χ1n) is 10.3. The lowest BCUT2D eigenvalue weighted by molar-refractivity contribution is -0.137. The Labute approximate surface area is 205 Å². The third-order valence-electron chi connectivity index (χ3n) is 5.61. The summed E-state index contributed by atoms with van der Waals surface area (Å²) < 4.78 is 45.9. The second-order valence-corrected chi connectivity index (χ2v) is 9.60. The molecule has 0 spiro atoms. The number of fused-ring (bicyclic) bond motifs is 1. The van der Waals surface area contributed by atoms with Crippen molar-refractivity contribution in [3.8, 4) is 0 Å². The number of carbonyl (C=O) groups excluding carboxylic acids is 1. The van der Waals surface area contributed by atoms with Crippen LogP contribution in [0.15, 0.2) is 50.9 Å². The number of rotatable bonds is 6. The number of aromatic amines is 2. The Hall–Kier alpha value is -2.96. The number of aliphatic hydroxyl groups excluding tert-OH is 1. The maximum atomic E-state index is 13.5. The number of likely N-dealkylation sites (tertiary alicyclic amines) is 1. The van der Waals surface area contributed by atoms with Crippen LogP contribution in [0.5, 0.6) is 0 Å². The molecule has 2 aromatic carbocycles. The Bertz CT molecular complexity index is 1370. The average Bonchev–Trinajstić information content (AvgIpc) is 2.77. The molecule has 8 nitrogen and oxygen atoms in total. The maximum absolute atomic E-state index is 13.5. The van der Waals surface area contributed by atoms with E-state index in [9.17, 15) is 32.7 Å². The molecule has 0 saturated carbocycles. The van der Waals surface area contributed by atoms with Gasteiger partial charge in [0.25, 0.3) is 5.56 Å². The van der Waals surface area contributed by atoms with Crippen LogP contribution in [0.1, 0.15) is 11.1 Å². The molecular formula is C22H19ClF3N3O5S. The molecule has 3 N–H and O–H groups in total. The van der Waals surface area contributed by atoms with Crippen molar-refractivity contribution in [3.63, 3.8) is 0 Å². The fourth-order valence-corrected chi connectivity index (χ4v) is 5.45. The maximum Gasteiger partial charge on any atom is 0.417 e. The zero-order chi connectivity index (χ0) is 25.4. The number of aliphatic hydroxyl groups is 1. The summed E-state index contributed by atoms with van der Waals surface area (Å²) in [6, 6.07) is 9.65. The predicted octanol–water partition coefficient (Wildman–Crippen LogP) is 3.61. The van der Waals surface area contributed by atoms with E-state index in [-0.39, 0.29) is 47.9 Å². The van der Waals surface area contributed by atoms with Crippen LogP contribution in [0.4, 0.5) is 18.0 Å². The minimum absolute atomic E-state index is 0.0664. The number of amides is 1. The lowest BCUT2D eigenvalue weighted by Gasteiger charge is -2.48. The predicted molar refractivity (Wildman–Crippen MR) is 124 cm³/mol. The highest BCUT2D eigenvalue weighted by Crippen LogP contribution is 2.45. The molecule has 0 radical (unpaired) electrons. The van der Waals surface area contributed by atoms with Gasteiger partial charge in [-0.25, -0.2) is 9.59 Å².